The van der Waals surface area contributed by atoms with E-state index in [4.69, 9.17) is 0 Å². The van der Waals surface area contributed by atoms with Crippen LogP contribution >= 0.6 is 0 Å². The van der Waals surface area contributed by atoms with Crippen molar-refractivity contribution in [2.75, 3.05) is 37.6 Å². The van der Waals surface area contributed by atoms with Crippen molar-refractivity contribution in [3.8, 4) is 0 Å². The molecular weight excluding hydrogens is 254 g/mol. The van der Waals surface area contributed by atoms with E-state index in [9.17, 15) is 10.2 Å². The third-order valence-corrected chi connectivity index (χ3v) is 3.56. The van der Waals surface area contributed by atoms with Crippen molar-refractivity contribution in [1.82, 2.24) is 9.88 Å². The average Bonchev–Trinajstić information content (AvgIpc) is 2.38. The van der Waals surface area contributed by atoms with Crippen molar-refractivity contribution < 1.29 is 10.2 Å². The van der Waals surface area contributed by atoms with Gasteiger partial charge in [-0.2, -0.15) is 0 Å². The standard InChI is InChI=1S/C15H25N3O2/c1-12(19)13-4-5-14(16-10-13)18-8-6-17(7-9-18)11-15(2,3)20/h4-5,10,12,19-20H,6-9,11H2,1-3H3. The molecule has 1 aromatic rings. The number of β-amino-alcohol motifs (C(OH)–C–C–N with tert-alkyl or cyclic N) is 1. The van der Waals surface area contributed by atoms with Gasteiger partial charge in [0.25, 0.3) is 0 Å². The predicted octanol–water partition coefficient (Wildman–Crippen LogP) is 1.03. The second-order valence-electron chi connectivity index (χ2n) is 6.20. The van der Waals surface area contributed by atoms with Crippen LogP contribution in [0, 0.1) is 0 Å². The minimum Gasteiger partial charge on any atom is -0.389 e. The minimum atomic E-state index is -0.640. The van der Waals surface area contributed by atoms with Crippen molar-refractivity contribution >= 4 is 5.82 Å². The Bertz CT molecular complexity index is 418. The summed E-state index contributed by atoms with van der Waals surface area (Å²) in [5.41, 5.74) is 0.203. The second-order valence-corrected chi connectivity index (χ2v) is 6.20. The molecule has 5 nitrogen and oxygen atoms in total. The molecular formula is C15H25N3O2. The lowest BCUT2D eigenvalue weighted by atomic mass is 10.1. The largest absolute Gasteiger partial charge is 0.389 e. The molecule has 0 spiro atoms. The van der Waals surface area contributed by atoms with Gasteiger partial charge in [0.15, 0.2) is 0 Å². The molecule has 2 N–H and O–H groups in total. The summed E-state index contributed by atoms with van der Waals surface area (Å²) >= 11 is 0. The Labute approximate surface area is 120 Å². The normalized spacial score (nSPS) is 19.1. The lowest BCUT2D eigenvalue weighted by Crippen LogP contribution is -2.50. The van der Waals surface area contributed by atoms with Gasteiger partial charge in [-0.25, -0.2) is 4.98 Å². The molecule has 5 heteroatoms. The van der Waals surface area contributed by atoms with Gasteiger partial charge >= 0.3 is 0 Å². The lowest BCUT2D eigenvalue weighted by Gasteiger charge is -2.37. The number of anilines is 1. The fraction of sp³-hybridized carbons (Fsp3) is 0.667. The second kappa shape index (κ2) is 6.08. The zero-order valence-electron chi connectivity index (χ0n) is 12.6. The summed E-state index contributed by atoms with van der Waals surface area (Å²) in [4.78, 5) is 8.94. The van der Waals surface area contributed by atoms with Crippen LogP contribution in [0.3, 0.4) is 0 Å². The molecule has 2 heterocycles. The van der Waals surface area contributed by atoms with Crippen molar-refractivity contribution in [2.24, 2.45) is 0 Å². The van der Waals surface area contributed by atoms with Crippen LogP contribution in [0.25, 0.3) is 0 Å². The fourth-order valence-corrected chi connectivity index (χ4v) is 2.51. The molecule has 1 aromatic heterocycles. The molecule has 0 radical (unpaired) electrons. The third-order valence-electron chi connectivity index (χ3n) is 3.56. The Balaban J connectivity index is 1.90. The van der Waals surface area contributed by atoms with Gasteiger partial charge in [-0.15, -0.1) is 0 Å². The number of aliphatic hydroxyl groups excluding tert-OH is 1. The van der Waals surface area contributed by atoms with E-state index >= 15 is 0 Å². The molecule has 1 aliphatic heterocycles. The summed E-state index contributed by atoms with van der Waals surface area (Å²) in [6.07, 6.45) is 1.27. The van der Waals surface area contributed by atoms with Gasteiger partial charge in [0.2, 0.25) is 0 Å². The average molecular weight is 279 g/mol. The number of pyridine rings is 1. The zero-order valence-corrected chi connectivity index (χ0v) is 12.6. The highest BCUT2D eigenvalue weighted by Gasteiger charge is 2.23. The molecule has 0 saturated carbocycles. The molecule has 1 fully saturated rings. The van der Waals surface area contributed by atoms with Crippen LogP contribution in [-0.2, 0) is 0 Å². The van der Waals surface area contributed by atoms with Gasteiger partial charge in [0.05, 0.1) is 11.7 Å². The van der Waals surface area contributed by atoms with E-state index < -0.39 is 11.7 Å². The van der Waals surface area contributed by atoms with E-state index in [1.165, 1.54) is 0 Å². The smallest absolute Gasteiger partial charge is 0.128 e. The van der Waals surface area contributed by atoms with Gasteiger partial charge < -0.3 is 15.1 Å². The number of nitrogens with zero attached hydrogens (tertiary/aromatic N) is 3. The number of aromatic nitrogens is 1. The molecule has 20 heavy (non-hydrogen) atoms. The Kier molecular flexibility index (Phi) is 4.62. The monoisotopic (exact) mass is 279 g/mol. The maximum absolute atomic E-state index is 9.84. The minimum absolute atomic E-state index is 0.472. The Morgan fingerprint density at radius 3 is 2.35 bits per heavy atom. The van der Waals surface area contributed by atoms with Crippen LogP contribution in [0.5, 0.6) is 0 Å². The quantitative estimate of drug-likeness (QED) is 0.862. The molecule has 1 aliphatic rings. The number of rotatable bonds is 4. The molecule has 1 saturated heterocycles. The van der Waals surface area contributed by atoms with Crippen LogP contribution in [0.15, 0.2) is 18.3 Å². The van der Waals surface area contributed by atoms with Crippen molar-refractivity contribution in [3.63, 3.8) is 0 Å². The first-order chi connectivity index (χ1) is 9.35. The summed E-state index contributed by atoms with van der Waals surface area (Å²) in [5, 5.41) is 19.3. The highest BCUT2D eigenvalue weighted by Crippen LogP contribution is 2.18. The Hall–Kier alpha value is -1.17. The molecule has 112 valence electrons. The molecule has 0 amide bonds. The first-order valence-corrected chi connectivity index (χ1v) is 7.19. The Morgan fingerprint density at radius 1 is 1.25 bits per heavy atom. The fourth-order valence-electron chi connectivity index (χ4n) is 2.51. The molecule has 1 unspecified atom stereocenters. The van der Waals surface area contributed by atoms with E-state index in [-0.39, 0.29) is 0 Å². The van der Waals surface area contributed by atoms with Crippen LogP contribution in [0.4, 0.5) is 5.82 Å². The first kappa shape index (κ1) is 15.2. The summed E-state index contributed by atoms with van der Waals surface area (Å²) in [7, 11) is 0. The van der Waals surface area contributed by atoms with E-state index in [1.54, 1.807) is 13.1 Å². The number of hydrogen-bond acceptors (Lipinski definition) is 5. The van der Waals surface area contributed by atoms with Crippen molar-refractivity contribution in [3.05, 3.63) is 23.9 Å². The van der Waals surface area contributed by atoms with E-state index in [0.29, 0.717) is 6.54 Å². The Morgan fingerprint density at radius 2 is 1.90 bits per heavy atom. The van der Waals surface area contributed by atoms with E-state index in [0.717, 1.165) is 37.6 Å². The van der Waals surface area contributed by atoms with E-state index in [2.05, 4.69) is 14.8 Å². The lowest BCUT2D eigenvalue weighted by molar-refractivity contribution is 0.0344. The van der Waals surface area contributed by atoms with E-state index in [1.807, 2.05) is 26.0 Å². The van der Waals surface area contributed by atoms with Crippen LogP contribution in [-0.4, -0.2) is 58.4 Å². The SMILES string of the molecule is CC(O)c1ccc(N2CCN(CC(C)(C)O)CC2)nc1. The van der Waals surface area contributed by atoms with Crippen LogP contribution in [0.1, 0.15) is 32.4 Å². The number of piperazine rings is 1. The highest BCUT2D eigenvalue weighted by molar-refractivity contribution is 5.40. The van der Waals surface area contributed by atoms with Gasteiger partial charge in [-0.1, -0.05) is 6.07 Å². The molecule has 0 aliphatic carbocycles. The van der Waals surface area contributed by atoms with Crippen LogP contribution < -0.4 is 4.90 Å². The van der Waals surface area contributed by atoms with Gasteiger partial charge in [0.1, 0.15) is 5.82 Å². The number of aliphatic hydroxyl groups is 2. The summed E-state index contributed by atoms with van der Waals surface area (Å²) in [6, 6.07) is 3.89. The van der Waals surface area contributed by atoms with Crippen molar-refractivity contribution in [1.29, 1.82) is 0 Å². The van der Waals surface area contributed by atoms with Crippen LogP contribution in [0.2, 0.25) is 0 Å². The topological polar surface area (TPSA) is 59.8 Å². The summed E-state index contributed by atoms with van der Waals surface area (Å²) < 4.78 is 0. The molecule has 0 bridgehead atoms. The molecule has 1 atom stereocenters. The first-order valence-electron chi connectivity index (χ1n) is 7.19. The third kappa shape index (κ3) is 4.16. The van der Waals surface area contributed by atoms with Gasteiger partial charge in [-0.05, 0) is 32.4 Å². The summed E-state index contributed by atoms with van der Waals surface area (Å²) in [6.45, 7) is 9.83. The maximum atomic E-state index is 9.84. The highest BCUT2D eigenvalue weighted by atomic mass is 16.3. The number of hydrogen-bond donors (Lipinski definition) is 2. The van der Waals surface area contributed by atoms with Gasteiger partial charge in [0, 0.05) is 38.9 Å². The summed E-state index contributed by atoms with van der Waals surface area (Å²) in [5.74, 6) is 0.956. The van der Waals surface area contributed by atoms with Gasteiger partial charge in [-0.3, -0.25) is 4.90 Å². The molecule has 2 rings (SSSR count). The molecule has 0 aromatic carbocycles. The predicted molar refractivity (Wildman–Crippen MR) is 79.8 cm³/mol. The zero-order chi connectivity index (χ0) is 14.8. The maximum Gasteiger partial charge on any atom is 0.128 e. The van der Waals surface area contributed by atoms with Crippen molar-refractivity contribution in [2.45, 2.75) is 32.5 Å².